The molecular formula is C10H16ClF3N2O. The van der Waals surface area contributed by atoms with E-state index in [0.717, 1.165) is 19.4 Å². The van der Waals surface area contributed by atoms with Crippen molar-refractivity contribution < 1.29 is 18.0 Å². The largest absolute Gasteiger partial charge is 0.397 e. The maximum Gasteiger partial charge on any atom is 0.397 e. The van der Waals surface area contributed by atoms with Gasteiger partial charge in [-0.15, -0.1) is 12.4 Å². The lowest BCUT2D eigenvalue weighted by Crippen LogP contribution is -2.47. The highest BCUT2D eigenvalue weighted by molar-refractivity contribution is 5.85. The van der Waals surface area contributed by atoms with E-state index in [4.69, 9.17) is 0 Å². The summed E-state index contributed by atoms with van der Waals surface area (Å²) in [5.74, 6) is -0.441. The lowest BCUT2D eigenvalue weighted by Gasteiger charge is -2.35. The van der Waals surface area contributed by atoms with Gasteiger partial charge < -0.3 is 10.2 Å². The standard InChI is InChI=1S/C10H15F3N2O.ClH/c11-10(12,13)5-9(16)15-4-2-8-7(6-15)1-3-14-8;/h7-8,14H,1-6H2;1H. The molecule has 3 nitrogen and oxygen atoms in total. The number of carbonyl (C=O) groups is 1. The van der Waals surface area contributed by atoms with E-state index >= 15 is 0 Å². The highest BCUT2D eigenvalue weighted by Gasteiger charge is 2.38. The number of likely N-dealkylation sites (tertiary alicyclic amines) is 1. The topological polar surface area (TPSA) is 32.3 Å². The van der Waals surface area contributed by atoms with Crippen LogP contribution in [0.15, 0.2) is 0 Å². The Balaban J connectivity index is 0.00000144. The average Bonchev–Trinajstić information content (AvgIpc) is 2.61. The summed E-state index contributed by atoms with van der Waals surface area (Å²) in [4.78, 5) is 12.8. The molecule has 2 aliphatic heterocycles. The van der Waals surface area contributed by atoms with Gasteiger partial charge >= 0.3 is 6.18 Å². The summed E-state index contributed by atoms with van der Waals surface area (Å²) in [6.45, 7) is 1.84. The third-order valence-electron chi connectivity index (χ3n) is 3.36. The van der Waals surface area contributed by atoms with Crippen LogP contribution in [0.5, 0.6) is 0 Å². The molecule has 7 heteroatoms. The van der Waals surface area contributed by atoms with Crippen molar-refractivity contribution in [1.82, 2.24) is 10.2 Å². The van der Waals surface area contributed by atoms with Crippen molar-refractivity contribution >= 4 is 18.3 Å². The number of amides is 1. The van der Waals surface area contributed by atoms with Crippen molar-refractivity contribution in [1.29, 1.82) is 0 Å². The molecule has 2 saturated heterocycles. The van der Waals surface area contributed by atoms with Gasteiger partial charge in [-0.3, -0.25) is 4.79 Å². The highest BCUT2D eigenvalue weighted by atomic mass is 35.5. The molecule has 17 heavy (non-hydrogen) atoms. The first-order chi connectivity index (χ1) is 7.46. The number of alkyl halides is 3. The molecule has 2 unspecified atom stereocenters. The van der Waals surface area contributed by atoms with E-state index in [-0.39, 0.29) is 12.4 Å². The molecule has 2 atom stereocenters. The number of carbonyl (C=O) groups excluding carboxylic acids is 1. The molecule has 0 saturated carbocycles. The number of halogens is 4. The Morgan fingerprint density at radius 3 is 2.71 bits per heavy atom. The van der Waals surface area contributed by atoms with Crippen LogP contribution in [0.25, 0.3) is 0 Å². The molecule has 0 aromatic carbocycles. The van der Waals surface area contributed by atoms with Crippen LogP contribution in [0.4, 0.5) is 13.2 Å². The summed E-state index contributed by atoms with van der Waals surface area (Å²) in [6, 6.07) is 0.398. The van der Waals surface area contributed by atoms with E-state index in [9.17, 15) is 18.0 Å². The monoisotopic (exact) mass is 272 g/mol. The summed E-state index contributed by atoms with van der Waals surface area (Å²) in [5.41, 5.74) is 0. The molecule has 2 heterocycles. The third kappa shape index (κ3) is 3.74. The van der Waals surface area contributed by atoms with Crippen LogP contribution >= 0.6 is 12.4 Å². The molecule has 0 aromatic rings. The summed E-state index contributed by atoms with van der Waals surface area (Å²) >= 11 is 0. The first kappa shape index (κ1) is 14.6. The zero-order valence-electron chi connectivity index (χ0n) is 9.29. The van der Waals surface area contributed by atoms with Gasteiger partial charge in [-0.1, -0.05) is 0 Å². The van der Waals surface area contributed by atoms with Gasteiger partial charge in [0.15, 0.2) is 0 Å². The van der Waals surface area contributed by atoms with Gasteiger partial charge in [0.05, 0.1) is 0 Å². The molecule has 0 bridgehead atoms. The average molecular weight is 273 g/mol. The van der Waals surface area contributed by atoms with Crippen LogP contribution < -0.4 is 5.32 Å². The summed E-state index contributed by atoms with van der Waals surface area (Å²) in [5, 5.41) is 3.31. The van der Waals surface area contributed by atoms with Gasteiger partial charge in [-0.25, -0.2) is 0 Å². The van der Waals surface area contributed by atoms with E-state index < -0.39 is 18.5 Å². The van der Waals surface area contributed by atoms with Gasteiger partial charge in [-0.05, 0) is 25.3 Å². The third-order valence-corrected chi connectivity index (χ3v) is 3.36. The molecule has 2 aliphatic rings. The molecule has 0 aromatic heterocycles. The van der Waals surface area contributed by atoms with Gasteiger partial charge in [0.2, 0.25) is 5.91 Å². The number of nitrogens with one attached hydrogen (secondary N) is 1. The molecule has 0 radical (unpaired) electrons. The van der Waals surface area contributed by atoms with Crippen molar-refractivity contribution in [2.45, 2.75) is 31.5 Å². The predicted octanol–water partition coefficient (Wildman–Crippen LogP) is 1.57. The first-order valence-electron chi connectivity index (χ1n) is 5.53. The van der Waals surface area contributed by atoms with Gasteiger partial charge in [-0.2, -0.15) is 13.2 Å². The Labute approximate surface area is 104 Å². The Bertz CT molecular complexity index is 285. The highest BCUT2D eigenvalue weighted by Crippen LogP contribution is 2.27. The Hall–Kier alpha value is -0.490. The zero-order chi connectivity index (χ0) is 11.8. The fourth-order valence-electron chi connectivity index (χ4n) is 2.56. The second-order valence-corrected chi connectivity index (χ2v) is 4.53. The fourth-order valence-corrected chi connectivity index (χ4v) is 2.56. The number of nitrogens with zero attached hydrogens (tertiary/aromatic N) is 1. The summed E-state index contributed by atoms with van der Waals surface area (Å²) in [7, 11) is 0. The van der Waals surface area contributed by atoms with Crippen LogP contribution in [0.2, 0.25) is 0 Å². The number of rotatable bonds is 1. The quantitative estimate of drug-likeness (QED) is 0.786. The molecule has 1 N–H and O–H groups in total. The second-order valence-electron chi connectivity index (χ2n) is 4.53. The fraction of sp³-hybridized carbons (Fsp3) is 0.900. The zero-order valence-corrected chi connectivity index (χ0v) is 10.1. The molecule has 0 aliphatic carbocycles. The lowest BCUT2D eigenvalue weighted by molar-refractivity contribution is -0.162. The molecular weight excluding hydrogens is 257 g/mol. The van der Waals surface area contributed by atoms with Crippen molar-refractivity contribution in [3.05, 3.63) is 0 Å². The van der Waals surface area contributed by atoms with Crippen LogP contribution in [0.3, 0.4) is 0 Å². The van der Waals surface area contributed by atoms with E-state index in [1.54, 1.807) is 0 Å². The van der Waals surface area contributed by atoms with Crippen LogP contribution in [0.1, 0.15) is 19.3 Å². The Kier molecular flexibility index (Phi) is 4.66. The molecule has 100 valence electrons. The van der Waals surface area contributed by atoms with E-state index in [2.05, 4.69) is 5.32 Å². The molecule has 2 rings (SSSR count). The minimum atomic E-state index is -4.39. The minimum Gasteiger partial charge on any atom is -0.342 e. The van der Waals surface area contributed by atoms with Crippen LogP contribution in [0, 0.1) is 5.92 Å². The van der Waals surface area contributed by atoms with Crippen molar-refractivity contribution in [2.24, 2.45) is 5.92 Å². The molecule has 0 spiro atoms. The smallest absolute Gasteiger partial charge is 0.342 e. The second kappa shape index (κ2) is 5.44. The maximum atomic E-state index is 12.1. The normalized spacial score (nSPS) is 28.5. The van der Waals surface area contributed by atoms with Gasteiger partial charge in [0.25, 0.3) is 0 Å². The van der Waals surface area contributed by atoms with Gasteiger partial charge in [0, 0.05) is 19.1 Å². The van der Waals surface area contributed by atoms with Crippen LogP contribution in [-0.4, -0.2) is 42.7 Å². The number of hydrogen-bond donors (Lipinski definition) is 1. The number of fused-ring (bicyclic) bond motifs is 1. The predicted molar refractivity (Wildman–Crippen MR) is 59.0 cm³/mol. The minimum absolute atomic E-state index is 0. The number of hydrogen-bond acceptors (Lipinski definition) is 2. The molecule has 2 fully saturated rings. The summed E-state index contributed by atoms with van der Waals surface area (Å²) in [6.07, 6.45) is -3.98. The van der Waals surface area contributed by atoms with Gasteiger partial charge in [0.1, 0.15) is 6.42 Å². The maximum absolute atomic E-state index is 12.1. The SMILES string of the molecule is Cl.O=C(CC(F)(F)F)N1CCC2NCCC2C1. The molecule has 1 amide bonds. The summed E-state index contributed by atoms with van der Waals surface area (Å²) < 4.78 is 36.2. The van der Waals surface area contributed by atoms with Crippen LogP contribution in [-0.2, 0) is 4.79 Å². The lowest BCUT2D eigenvalue weighted by atomic mass is 9.93. The van der Waals surface area contributed by atoms with Crippen molar-refractivity contribution in [3.63, 3.8) is 0 Å². The first-order valence-corrected chi connectivity index (χ1v) is 5.53. The Morgan fingerprint density at radius 2 is 2.06 bits per heavy atom. The van der Waals surface area contributed by atoms with Crippen molar-refractivity contribution in [2.75, 3.05) is 19.6 Å². The van der Waals surface area contributed by atoms with E-state index in [0.29, 0.717) is 25.0 Å². The van der Waals surface area contributed by atoms with E-state index in [1.165, 1.54) is 4.90 Å². The van der Waals surface area contributed by atoms with Crippen molar-refractivity contribution in [3.8, 4) is 0 Å². The Morgan fingerprint density at radius 1 is 1.35 bits per heavy atom. The number of piperidine rings is 1. The van der Waals surface area contributed by atoms with E-state index in [1.807, 2.05) is 0 Å².